The highest BCUT2D eigenvalue weighted by Gasteiger charge is 2.23. The van der Waals surface area contributed by atoms with E-state index in [9.17, 15) is 5.11 Å². The second-order valence-corrected chi connectivity index (χ2v) is 6.65. The quantitative estimate of drug-likeness (QED) is 0.821. The van der Waals surface area contributed by atoms with Crippen molar-refractivity contribution in [1.82, 2.24) is 4.90 Å². The maximum absolute atomic E-state index is 10.1. The number of hydrogen-bond acceptors (Lipinski definition) is 5. The maximum Gasteiger partial charge on any atom is 0.166 e. The van der Waals surface area contributed by atoms with Crippen LogP contribution in [-0.2, 0) is 0 Å². The molecule has 2 heterocycles. The van der Waals surface area contributed by atoms with Crippen LogP contribution in [-0.4, -0.2) is 43.0 Å². The zero-order chi connectivity index (χ0) is 16.1. The first-order valence-corrected chi connectivity index (χ1v) is 8.81. The number of likely N-dealkylation sites (tertiary alicyclic amines) is 1. The van der Waals surface area contributed by atoms with Gasteiger partial charge in [-0.15, -0.1) is 11.3 Å². The Hall–Kier alpha value is -1.85. The molecule has 3 rings (SSSR count). The van der Waals surface area contributed by atoms with Crippen molar-refractivity contribution in [1.29, 1.82) is 0 Å². The summed E-state index contributed by atoms with van der Waals surface area (Å²) in [5, 5.41) is 12.2. The van der Waals surface area contributed by atoms with Crippen molar-refractivity contribution in [2.75, 3.05) is 26.7 Å². The molecule has 1 saturated heterocycles. The van der Waals surface area contributed by atoms with Gasteiger partial charge in [0.2, 0.25) is 0 Å². The van der Waals surface area contributed by atoms with Gasteiger partial charge >= 0.3 is 0 Å². The second-order valence-electron chi connectivity index (χ2n) is 5.67. The molecule has 0 unspecified atom stereocenters. The molecule has 0 radical (unpaired) electrons. The van der Waals surface area contributed by atoms with E-state index >= 15 is 0 Å². The molecule has 0 amide bonds. The van der Waals surface area contributed by atoms with Crippen molar-refractivity contribution in [3.05, 3.63) is 46.2 Å². The first-order chi connectivity index (χ1) is 11.3. The van der Waals surface area contributed by atoms with E-state index in [1.807, 2.05) is 12.1 Å². The lowest BCUT2D eigenvalue weighted by atomic mass is 10.2. The van der Waals surface area contributed by atoms with Crippen molar-refractivity contribution in [2.45, 2.75) is 18.9 Å². The third-order valence-corrected chi connectivity index (χ3v) is 5.19. The molecule has 0 saturated carbocycles. The Balaban J connectivity index is 1.74. The van der Waals surface area contributed by atoms with Crippen LogP contribution in [0.15, 0.2) is 40.7 Å². The van der Waals surface area contributed by atoms with E-state index in [4.69, 9.17) is 4.74 Å². The largest absolute Gasteiger partial charge is 0.504 e. The predicted molar refractivity (Wildman–Crippen MR) is 95.0 cm³/mol. The number of benzene rings is 1. The lowest BCUT2D eigenvalue weighted by Gasteiger charge is -2.25. The third kappa shape index (κ3) is 3.74. The van der Waals surface area contributed by atoms with Gasteiger partial charge in [0.05, 0.1) is 19.7 Å². The molecule has 1 fully saturated rings. The molecule has 1 aliphatic rings. The molecule has 2 aromatic rings. The SMILES string of the molecule is COc1cccc(C=NC[C@H](c2cccs2)N2CCCC2)c1O. The van der Waals surface area contributed by atoms with Crippen LogP contribution >= 0.6 is 11.3 Å². The lowest BCUT2D eigenvalue weighted by Crippen LogP contribution is -2.27. The Morgan fingerprint density at radius 2 is 2.13 bits per heavy atom. The zero-order valence-electron chi connectivity index (χ0n) is 13.3. The van der Waals surface area contributed by atoms with E-state index in [0.717, 1.165) is 13.1 Å². The maximum atomic E-state index is 10.1. The topological polar surface area (TPSA) is 45.1 Å². The summed E-state index contributed by atoms with van der Waals surface area (Å²) in [6.07, 6.45) is 4.28. The third-order valence-electron chi connectivity index (χ3n) is 4.21. The summed E-state index contributed by atoms with van der Waals surface area (Å²) in [6.45, 7) is 2.99. The molecule has 122 valence electrons. The van der Waals surface area contributed by atoms with Crippen molar-refractivity contribution >= 4 is 17.6 Å². The molecule has 4 nitrogen and oxygen atoms in total. The van der Waals surface area contributed by atoms with E-state index in [-0.39, 0.29) is 5.75 Å². The van der Waals surface area contributed by atoms with Gasteiger partial charge in [-0.1, -0.05) is 12.1 Å². The van der Waals surface area contributed by atoms with Gasteiger partial charge in [-0.25, -0.2) is 0 Å². The minimum atomic E-state index is 0.146. The van der Waals surface area contributed by atoms with Gasteiger partial charge in [0.25, 0.3) is 0 Å². The smallest absolute Gasteiger partial charge is 0.166 e. The van der Waals surface area contributed by atoms with Gasteiger partial charge in [-0.3, -0.25) is 9.89 Å². The normalized spacial score (nSPS) is 16.9. The van der Waals surface area contributed by atoms with Gasteiger partial charge in [-0.05, 0) is 49.5 Å². The molecule has 1 N–H and O–H groups in total. The number of rotatable bonds is 6. The van der Waals surface area contributed by atoms with Gasteiger partial charge in [0, 0.05) is 16.7 Å². The van der Waals surface area contributed by atoms with Gasteiger partial charge < -0.3 is 9.84 Å². The molecule has 1 atom stereocenters. The number of aromatic hydroxyl groups is 1. The van der Waals surface area contributed by atoms with Crippen molar-refractivity contribution in [3.8, 4) is 11.5 Å². The van der Waals surface area contributed by atoms with Gasteiger partial charge in [0.1, 0.15) is 0 Å². The predicted octanol–water partition coefficient (Wildman–Crippen LogP) is 3.72. The Morgan fingerprint density at radius 1 is 1.30 bits per heavy atom. The summed E-state index contributed by atoms with van der Waals surface area (Å²) < 4.78 is 5.14. The van der Waals surface area contributed by atoms with E-state index < -0.39 is 0 Å². The fourth-order valence-corrected chi connectivity index (χ4v) is 3.83. The number of phenols is 1. The van der Waals surface area contributed by atoms with E-state index in [2.05, 4.69) is 27.4 Å². The summed E-state index contributed by atoms with van der Waals surface area (Å²) in [4.78, 5) is 8.47. The minimum absolute atomic E-state index is 0.146. The van der Waals surface area contributed by atoms with Crippen molar-refractivity contribution in [3.63, 3.8) is 0 Å². The first kappa shape index (κ1) is 16.0. The van der Waals surface area contributed by atoms with Crippen LogP contribution in [0.1, 0.15) is 29.3 Å². The summed E-state index contributed by atoms with van der Waals surface area (Å²) in [5.41, 5.74) is 0.690. The highest BCUT2D eigenvalue weighted by atomic mass is 32.1. The van der Waals surface area contributed by atoms with Gasteiger partial charge in [-0.2, -0.15) is 0 Å². The molecule has 5 heteroatoms. The average molecular weight is 330 g/mol. The summed E-state index contributed by atoms with van der Waals surface area (Å²) >= 11 is 1.79. The Kier molecular flexibility index (Phi) is 5.31. The lowest BCUT2D eigenvalue weighted by molar-refractivity contribution is 0.255. The molecule has 23 heavy (non-hydrogen) atoms. The Bertz CT molecular complexity index is 649. The average Bonchev–Trinajstić information content (AvgIpc) is 3.27. The summed E-state index contributed by atoms with van der Waals surface area (Å²) in [7, 11) is 1.55. The number of para-hydroxylation sites is 1. The molecule has 1 aromatic carbocycles. The van der Waals surface area contributed by atoms with Crippen LogP contribution < -0.4 is 4.74 Å². The fraction of sp³-hybridized carbons (Fsp3) is 0.389. The van der Waals surface area contributed by atoms with Crippen LogP contribution in [0.4, 0.5) is 0 Å². The minimum Gasteiger partial charge on any atom is -0.504 e. The van der Waals surface area contributed by atoms with E-state index in [1.54, 1.807) is 30.7 Å². The van der Waals surface area contributed by atoms with Gasteiger partial charge in [0.15, 0.2) is 11.5 Å². The zero-order valence-corrected chi connectivity index (χ0v) is 14.1. The standard InChI is InChI=1S/C18H22N2O2S/c1-22-16-7-4-6-14(18(16)21)12-19-13-15(17-8-5-11-23-17)20-9-2-3-10-20/h4-8,11-12,15,21H,2-3,9-10,13H2,1H3/t15-/m1/s1. The summed E-state index contributed by atoms with van der Waals surface area (Å²) in [6, 6.07) is 10.1. The monoisotopic (exact) mass is 330 g/mol. The number of nitrogens with zero attached hydrogens (tertiary/aromatic N) is 2. The van der Waals surface area contributed by atoms with Crippen molar-refractivity contribution < 1.29 is 9.84 Å². The number of aliphatic imine (C=N–C) groups is 1. The first-order valence-electron chi connectivity index (χ1n) is 7.93. The van der Waals surface area contributed by atoms with Crippen LogP contribution in [0.25, 0.3) is 0 Å². The highest BCUT2D eigenvalue weighted by molar-refractivity contribution is 7.10. The van der Waals surface area contributed by atoms with E-state index in [1.165, 1.54) is 17.7 Å². The molecular weight excluding hydrogens is 308 g/mol. The fourth-order valence-electron chi connectivity index (χ4n) is 2.98. The summed E-state index contributed by atoms with van der Waals surface area (Å²) in [5.74, 6) is 0.621. The molecule has 0 bridgehead atoms. The molecule has 1 aliphatic heterocycles. The Morgan fingerprint density at radius 3 is 2.83 bits per heavy atom. The van der Waals surface area contributed by atoms with Crippen LogP contribution in [0.2, 0.25) is 0 Å². The number of methoxy groups -OCH3 is 1. The van der Waals surface area contributed by atoms with Crippen molar-refractivity contribution in [2.24, 2.45) is 4.99 Å². The number of thiophene rings is 1. The molecule has 1 aromatic heterocycles. The number of ether oxygens (including phenoxy) is 1. The van der Waals surface area contributed by atoms with Crippen LogP contribution in [0, 0.1) is 0 Å². The van der Waals surface area contributed by atoms with E-state index in [0.29, 0.717) is 23.9 Å². The number of phenolic OH excluding ortho intramolecular Hbond substituents is 1. The highest BCUT2D eigenvalue weighted by Crippen LogP contribution is 2.30. The van der Waals surface area contributed by atoms with Crippen LogP contribution in [0.5, 0.6) is 11.5 Å². The number of hydrogen-bond donors (Lipinski definition) is 1. The molecule has 0 spiro atoms. The molecule has 0 aliphatic carbocycles. The second kappa shape index (κ2) is 7.62. The molecular formula is C18H22N2O2S. The van der Waals surface area contributed by atoms with Crippen LogP contribution in [0.3, 0.4) is 0 Å². The Labute approximate surface area is 141 Å².